The molecule has 3 rings (SSSR count). The molecule has 0 fully saturated rings. The molecule has 0 aliphatic heterocycles. The molecule has 0 radical (unpaired) electrons. The molecule has 0 unspecified atom stereocenters. The molecule has 0 saturated heterocycles. The zero-order valence-corrected chi connectivity index (χ0v) is 18.4. The van der Waals surface area contributed by atoms with E-state index < -0.39 is 22.5 Å². The SMILES string of the molecule is CC(=O)Nc1ccc(C(=O)N/N=C/c2cccc([N+](=O)[O-])c2OC(=O)c2ccc(Cl)cc2)cc1. The molecule has 0 bridgehead atoms. The second kappa shape index (κ2) is 10.8. The number of rotatable bonds is 7. The summed E-state index contributed by atoms with van der Waals surface area (Å²) >= 11 is 5.81. The smallest absolute Gasteiger partial charge is 0.343 e. The molecule has 0 spiro atoms. The Morgan fingerprint density at radius 3 is 2.26 bits per heavy atom. The highest BCUT2D eigenvalue weighted by Crippen LogP contribution is 2.31. The Kier molecular flexibility index (Phi) is 7.67. The van der Waals surface area contributed by atoms with Crippen LogP contribution in [0.15, 0.2) is 71.8 Å². The van der Waals surface area contributed by atoms with Crippen molar-refractivity contribution < 1.29 is 24.0 Å². The maximum absolute atomic E-state index is 12.5. The van der Waals surface area contributed by atoms with Crippen LogP contribution in [0.2, 0.25) is 5.02 Å². The largest absolute Gasteiger partial charge is 0.415 e. The number of halogens is 1. The molecule has 172 valence electrons. The summed E-state index contributed by atoms with van der Waals surface area (Å²) in [6, 6.07) is 15.9. The maximum atomic E-state index is 12.5. The average molecular weight is 481 g/mol. The van der Waals surface area contributed by atoms with E-state index in [0.29, 0.717) is 10.7 Å². The van der Waals surface area contributed by atoms with Crippen molar-refractivity contribution >= 4 is 47.0 Å². The lowest BCUT2D eigenvalue weighted by Crippen LogP contribution is -2.18. The van der Waals surface area contributed by atoms with E-state index in [2.05, 4.69) is 15.8 Å². The zero-order chi connectivity index (χ0) is 24.7. The molecule has 34 heavy (non-hydrogen) atoms. The fourth-order valence-electron chi connectivity index (χ4n) is 2.77. The van der Waals surface area contributed by atoms with Crippen molar-refractivity contribution in [1.82, 2.24) is 5.43 Å². The lowest BCUT2D eigenvalue weighted by atomic mass is 10.2. The number of carbonyl (C=O) groups excluding carboxylic acids is 3. The van der Waals surface area contributed by atoms with Crippen molar-refractivity contribution in [1.29, 1.82) is 0 Å². The summed E-state index contributed by atoms with van der Waals surface area (Å²) < 4.78 is 5.29. The van der Waals surface area contributed by atoms with Gasteiger partial charge in [-0.3, -0.25) is 19.7 Å². The fourth-order valence-corrected chi connectivity index (χ4v) is 2.90. The van der Waals surface area contributed by atoms with E-state index in [0.717, 1.165) is 6.21 Å². The van der Waals surface area contributed by atoms with Crippen molar-refractivity contribution in [3.05, 3.63) is 98.6 Å². The average Bonchev–Trinajstić information content (AvgIpc) is 2.80. The number of hydrazone groups is 1. The van der Waals surface area contributed by atoms with Crippen molar-refractivity contribution in [2.75, 3.05) is 5.32 Å². The molecule has 0 saturated carbocycles. The molecular formula is C23H17ClN4O6. The first-order valence-corrected chi connectivity index (χ1v) is 10.1. The van der Waals surface area contributed by atoms with Gasteiger partial charge in [-0.15, -0.1) is 0 Å². The summed E-state index contributed by atoms with van der Waals surface area (Å²) in [4.78, 5) is 46.6. The predicted molar refractivity (Wildman–Crippen MR) is 125 cm³/mol. The van der Waals surface area contributed by atoms with Gasteiger partial charge >= 0.3 is 11.7 Å². The monoisotopic (exact) mass is 480 g/mol. The number of carbonyl (C=O) groups is 3. The van der Waals surface area contributed by atoms with E-state index in [-0.39, 0.29) is 28.3 Å². The van der Waals surface area contributed by atoms with Gasteiger partial charge in [-0.2, -0.15) is 5.10 Å². The van der Waals surface area contributed by atoms with Crippen LogP contribution in [0.3, 0.4) is 0 Å². The standard InChI is InChI=1S/C23H17ClN4O6/c1-14(29)26-19-11-7-15(8-12-19)22(30)27-25-13-17-3-2-4-20(28(32)33)21(17)34-23(31)16-5-9-18(24)10-6-16/h2-13H,1H3,(H,26,29)(H,27,30)/b25-13+. The number of esters is 1. The number of nitrogens with one attached hydrogen (secondary N) is 2. The zero-order valence-electron chi connectivity index (χ0n) is 17.7. The third-order valence-corrected chi connectivity index (χ3v) is 4.59. The van der Waals surface area contributed by atoms with Gasteiger partial charge < -0.3 is 10.1 Å². The molecule has 11 heteroatoms. The Morgan fingerprint density at radius 1 is 1.00 bits per heavy atom. The van der Waals surface area contributed by atoms with Crippen molar-refractivity contribution in [3.8, 4) is 5.75 Å². The molecule has 10 nitrogen and oxygen atoms in total. The minimum Gasteiger partial charge on any atom is -0.415 e. The minimum atomic E-state index is -0.830. The van der Waals surface area contributed by atoms with Crippen LogP contribution < -0.4 is 15.5 Å². The van der Waals surface area contributed by atoms with Crippen LogP contribution in [-0.4, -0.2) is 28.9 Å². The number of nitro benzene ring substituents is 1. The molecule has 3 aromatic carbocycles. The van der Waals surface area contributed by atoms with E-state index in [9.17, 15) is 24.5 Å². The first-order valence-electron chi connectivity index (χ1n) is 9.71. The van der Waals surface area contributed by atoms with Crippen molar-refractivity contribution in [2.24, 2.45) is 5.10 Å². The van der Waals surface area contributed by atoms with Crippen LogP contribution in [0.4, 0.5) is 11.4 Å². The van der Waals surface area contributed by atoms with Gasteiger partial charge in [-0.1, -0.05) is 17.7 Å². The Balaban J connectivity index is 1.78. The summed E-state index contributed by atoms with van der Waals surface area (Å²) in [6.07, 6.45) is 1.13. The lowest BCUT2D eigenvalue weighted by molar-refractivity contribution is -0.385. The van der Waals surface area contributed by atoms with E-state index in [4.69, 9.17) is 16.3 Å². The van der Waals surface area contributed by atoms with Gasteiger partial charge in [0.15, 0.2) is 0 Å². The third kappa shape index (κ3) is 6.24. The van der Waals surface area contributed by atoms with E-state index in [1.807, 2.05) is 0 Å². The van der Waals surface area contributed by atoms with Gasteiger partial charge in [0.2, 0.25) is 11.7 Å². The predicted octanol–water partition coefficient (Wildman–Crippen LogP) is 4.19. The van der Waals surface area contributed by atoms with Gasteiger partial charge in [0.1, 0.15) is 0 Å². The lowest BCUT2D eigenvalue weighted by Gasteiger charge is -2.08. The van der Waals surface area contributed by atoms with E-state index in [1.165, 1.54) is 61.5 Å². The Morgan fingerprint density at radius 2 is 1.65 bits per heavy atom. The second-order valence-corrected chi connectivity index (χ2v) is 7.24. The topological polar surface area (TPSA) is 140 Å². The van der Waals surface area contributed by atoms with Crippen LogP contribution in [-0.2, 0) is 4.79 Å². The second-order valence-electron chi connectivity index (χ2n) is 6.81. The number of para-hydroxylation sites is 1. The van der Waals surface area contributed by atoms with Gasteiger partial charge in [-0.25, -0.2) is 10.2 Å². The molecule has 2 N–H and O–H groups in total. The van der Waals surface area contributed by atoms with E-state index >= 15 is 0 Å². The maximum Gasteiger partial charge on any atom is 0.343 e. The van der Waals surface area contributed by atoms with Gasteiger partial charge in [-0.05, 0) is 54.6 Å². The summed E-state index contributed by atoms with van der Waals surface area (Å²) in [5.41, 5.74) is 2.86. The normalized spacial score (nSPS) is 10.5. The molecular weight excluding hydrogens is 464 g/mol. The minimum absolute atomic E-state index is 0.0952. The highest BCUT2D eigenvalue weighted by Gasteiger charge is 2.22. The van der Waals surface area contributed by atoms with E-state index in [1.54, 1.807) is 12.1 Å². The van der Waals surface area contributed by atoms with Crippen LogP contribution >= 0.6 is 11.6 Å². The van der Waals surface area contributed by atoms with Crippen LogP contribution in [0, 0.1) is 10.1 Å². The Hall–Kier alpha value is -4.57. The molecule has 2 amide bonds. The molecule has 0 atom stereocenters. The third-order valence-electron chi connectivity index (χ3n) is 4.33. The number of hydrogen-bond acceptors (Lipinski definition) is 7. The Labute approximate surface area is 198 Å². The van der Waals surface area contributed by atoms with Gasteiger partial charge in [0.05, 0.1) is 16.7 Å². The number of amides is 2. The summed E-state index contributed by atoms with van der Waals surface area (Å²) in [5.74, 6) is -1.96. The molecule has 0 heterocycles. The quantitative estimate of drug-likeness (QED) is 0.171. The highest BCUT2D eigenvalue weighted by atomic mass is 35.5. The molecule has 0 aliphatic rings. The van der Waals surface area contributed by atoms with Crippen molar-refractivity contribution in [2.45, 2.75) is 6.92 Å². The fraction of sp³-hybridized carbons (Fsp3) is 0.0435. The first kappa shape index (κ1) is 24.1. The summed E-state index contributed by atoms with van der Waals surface area (Å²) in [6.45, 7) is 1.37. The number of ether oxygens (including phenoxy) is 1. The van der Waals surface area contributed by atoms with Crippen LogP contribution in [0.5, 0.6) is 5.75 Å². The highest BCUT2D eigenvalue weighted by molar-refractivity contribution is 6.30. The number of nitrogens with zero attached hydrogens (tertiary/aromatic N) is 2. The summed E-state index contributed by atoms with van der Waals surface area (Å²) in [7, 11) is 0. The molecule has 0 aromatic heterocycles. The number of nitro groups is 1. The number of hydrogen-bond donors (Lipinski definition) is 2. The van der Waals surface area contributed by atoms with Crippen molar-refractivity contribution in [3.63, 3.8) is 0 Å². The first-order chi connectivity index (χ1) is 16.2. The van der Waals surface area contributed by atoms with Gasteiger partial charge in [0, 0.05) is 34.8 Å². The number of benzene rings is 3. The Bertz CT molecular complexity index is 1270. The van der Waals surface area contributed by atoms with Crippen LogP contribution in [0.25, 0.3) is 0 Å². The number of anilines is 1. The summed E-state index contributed by atoms with van der Waals surface area (Å²) in [5, 5.41) is 18.3. The van der Waals surface area contributed by atoms with Gasteiger partial charge in [0.25, 0.3) is 5.91 Å². The van der Waals surface area contributed by atoms with Crippen LogP contribution in [0.1, 0.15) is 33.2 Å². The molecule has 0 aliphatic carbocycles. The molecule has 3 aromatic rings.